The molecule has 9 nitrogen and oxygen atoms in total. The van der Waals surface area contributed by atoms with Gasteiger partial charge in [-0.2, -0.15) is 0 Å². The molecule has 1 aliphatic rings. The molecule has 4 rings (SSSR count). The van der Waals surface area contributed by atoms with E-state index in [1.54, 1.807) is 28.9 Å². The lowest BCUT2D eigenvalue weighted by molar-refractivity contribution is 0.0950. The second kappa shape index (κ2) is 8.17. The smallest absolute Gasteiger partial charge is 0.251 e. The Labute approximate surface area is 167 Å². The van der Waals surface area contributed by atoms with E-state index in [4.69, 9.17) is 14.2 Å². The van der Waals surface area contributed by atoms with Crippen molar-refractivity contribution in [3.8, 4) is 17.2 Å². The molecule has 0 fully saturated rings. The average Bonchev–Trinajstić information content (AvgIpc) is 3.39. The van der Waals surface area contributed by atoms with Gasteiger partial charge >= 0.3 is 0 Å². The van der Waals surface area contributed by atoms with E-state index >= 15 is 0 Å². The number of rotatable bonds is 7. The molecule has 3 aromatic rings. The first-order valence-corrected chi connectivity index (χ1v) is 9.26. The molecular formula is C20H21N5O4. The Morgan fingerprint density at radius 2 is 1.97 bits per heavy atom. The van der Waals surface area contributed by atoms with Gasteiger partial charge in [-0.05, 0) is 66.2 Å². The molecule has 1 aromatic heterocycles. The highest BCUT2D eigenvalue weighted by atomic mass is 16.7. The number of nitrogens with zero attached hydrogens (tertiary/aromatic N) is 4. The molecule has 0 unspecified atom stereocenters. The number of aromatic nitrogens is 4. The first-order valence-electron chi connectivity index (χ1n) is 9.26. The van der Waals surface area contributed by atoms with E-state index in [0.717, 1.165) is 11.3 Å². The van der Waals surface area contributed by atoms with Gasteiger partial charge in [0.25, 0.3) is 5.91 Å². The lowest BCUT2D eigenvalue weighted by Crippen LogP contribution is -2.22. The molecule has 1 amide bonds. The third kappa shape index (κ3) is 4.29. The summed E-state index contributed by atoms with van der Waals surface area (Å²) in [5.41, 5.74) is 1.48. The zero-order valence-electron chi connectivity index (χ0n) is 16.2. The minimum absolute atomic E-state index is 0.152. The van der Waals surface area contributed by atoms with Crippen molar-refractivity contribution in [2.75, 3.05) is 6.79 Å². The number of nitrogens with one attached hydrogen (secondary N) is 1. The number of hydrogen-bond acceptors (Lipinski definition) is 7. The number of benzene rings is 2. The van der Waals surface area contributed by atoms with E-state index in [-0.39, 0.29) is 25.3 Å². The summed E-state index contributed by atoms with van der Waals surface area (Å²) in [5, 5.41) is 14.5. The SMILES string of the molecule is CC(C)n1nnnc1COc1ccc(C(=O)NCc2ccc3c(c2)OCO3)cc1. The number of amides is 1. The number of ether oxygens (including phenoxy) is 3. The molecule has 0 radical (unpaired) electrons. The van der Waals surface area contributed by atoms with Gasteiger partial charge in [0, 0.05) is 12.1 Å². The standard InChI is InChI=1S/C20H21N5O4/c1-13(2)25-19(22-23-24-25)11-27-16-6-4-15(5-7-16)20(26)21-10-14-3-8-17-18(9-14)29-12-28-17/h3-9,13H,10-12H2,1-2H3,(H,21,26). The molecule has 0 spiro atoms. The maximum Gasteiger partial charge on any atom is 0.251 e. The van der Waals surface area contributed by atoms with Crippen molar-refractivity contribution in [2.24, 2.45) is 0 Å². The minimum atomic E-state index is -0.169. The van der Waals surface area contributed by atoms with Crippen molar-refractivity contribution in [1.29, 1.82) is 0 Å². The Morgan fingerprint density at radius 3 is 2.76 bits per heavy atom. The van der Waals surface area contributed by atoms with E-state index in [1.807, 2.05) is 32.0 Å². The molecule has 0 saturated heterocycles. The number of tetrazole rings is 1. The fourth-order valence-electron chi connectivity index (χ4n) is 2.89. The van der Waals surface area contributed by atoms with Gasteiger partial charge in [0.15, 0.2) is 17.3 Å². The Hall–Kier alpha value is -3.62. The molecule has 0 saturated carbocycles. The summed E-state index contributed by atoms with van der Waals surface area (Å²) in [6, 6.07) is 12.7. The van der Waals surface area contributed by atoms with Crippen molar-refractivity contribution in [3.05, 3.63) is 59.4 Å². The fourth-order valence-corrected chi connectivity index (χ4v) is 2.89. The lowest BCUT2D eigenvalue weighted by Gasteiger charge is -2.10. The Morgan fingerprint density at radius 1 is 1.17 bits per heavy atom. The third-order valence-corrected chi connectivity index (χ3v) is 4.42. The van der Waals surface area contributed by atoms with Crippen LogP contribution in [0.15, 0.2) is 42.5 Å². The van der Waals surface area contributed by atoms with Crippen LogP contribution in [0.4, 0.5) is 0 Å². The van der Waals surface area contributed by atoms with Crippen LogP contribution in [0.5, 0.6) is 17.2 Å². The highest BCUT2D eigenvalue weighted by Gasteiger charge is 2.14. The zero-order valence-corrected chi connectivity index (χ0v) is 16.2. The Kier molecular flexibility index (Phi) is 5.28. The Balaban J connectivity index is 1.31. The number of carbonyl (C=O) groups is 1. The third-order valence-electron chi connectivity index (χ3n) is 4.42. The van der Waals surface area contributed by atoms with Crippen LogP contribution in [-0.4, -0.2) is 32.9 Å². The van der Waals surface area contributed by atoms with Crippen LogP contribution in [0.25, 0.3) is 0 Å². The molecule has 1 aliphatic heterocycles. The summed E-state index contributed by atoms with van der Waals surface area (Å²) >= 11 is 0. The lowest BCUT2D eigenvalue weighted by atomic mass is 10.1. The first kappa shape index (κ1) is 18.7. The molecule has 2 heterocycles. The summed E-state index contributed by atoms with van der Waals surface area (Å²) in [5.74, 6) is 2.53. The van der Waals surface area contributed by atoms with E-state index in [0.29, 0.717) is 29.4 Å². The Bertz CT molecular complexity index is 1000. The maximum atomic E-state index is 12.4. The molecule has 29 heavy (non-hydrogen) atoms. The van der Waals surface area contributed by atoms with E-state index in [1.165, 1.54) is 0 Å². The van der Waals surface area contributed by atoms with Gasteiger partial charge in [0.05, 0.1) is 6.04 Å². The van der Waals surface area contributed by atoms with Gasteiger partial charge in [-0.3, -0.25) is 4.79 Å². The minimum Gasteiger partial charge on any atom is -0.486 e. The summed E-state index contributed by atoms with van der Waals surface area (Å²) in [6.45, 7) is 4.87. The number of hydrogen-bond donors (Lipinski definition) is 1. The molecular weight excluding hydrogens is 374 g/mol. The van der Waals surface area contributed by atoms with Crippen molar-refractivity contribution in [2.45, 2.75) is 33.0 Å². The van der Waals surface area contributed by atoms with Gasteiger partial charge in [0.1, 0.15) is 12.4 Å². The normalized spacial score (nSPS) is 12.2. The fraction of sp³-hybridized carbons (Fsp3) is 0.300. The predicted molar refractivity (Wildman–Crippen MR) is 103 cm³/mol. The summed E-state index contributed by atoms with van der Waals surface area (Å²) in [4.78, 5) is 12.4. The van der Waals surface area contributed by atoms with E-state index < -0.39 is 0 Å². The summed E-state index contributed by atoms with van der Waals surface area (Å²) in [7, 11) is 0. The number of fused-ring (bicyclic) bond motifs is 1. The molecule has 2 aromatic carbocycles. The van der Waals surface area contributed by atoms with Crippen LogP contribution < -0.4 is 19.5 Å². The molecule has 9 heteroatoms. The largest absolute Gasteiger partial charge is 0.486 e. The average molecular weight is 395 g/mol. The van der Waals surface area contributed by atoms with Gasteiger partial charge in [-0.15, -0.1) is 5.10 Å². The molecule has 1 N–H and O–H groups in total. The van der Waals surface area contributed by atoms with Crippen LogP contribution >= 0.6 is 0 Å². The van der Waals surface area contributed by atoms with E-state index in [9.17, 15) is 4.79 Å². The van der Waals surface area contributed by atoms with Gasteiger partial charge in [-0.25, -0.2) is 4.68 Å². The highest BCUT2D eigenvalue weighted by molar-refractivity contribution is 5.94. The molecule has 150 valence electrons. The maximum absolute atomic E-state index is 12.4. The van der Waals surface area contributed by atoms with Crippen LogP contribution in [0.3, 0.4) is 0 Å². The van der Waals surface area contributed by atoms with Crippen LogP contribution in [-0.2, 0) is 13.2 Å². The van der Waals surface area contributed by atoms with Crippen molar-refractivity contribution in [3.63, 3.8) is 0 Å². The quantitative estimate of drug-likeness (QED) is 0.656. The molecule has 0 bridgehead atoms. The molecule has 0 aliphatic carbocycles. The first-order chi connectivity index (χ1) is 14.1. The van der Waals surface area contributed by atoms with Crippen LogP contribution in [0.2, 0.25) is 0 Å². The predicted octanol–water partition coefficient (Wildman–Crippen LogP) is 2.49. The number of carbonyl (C=O) groups excluding carboxylic acids is 1. The topological polar surface area (TPSA) is 100 Å². The zero-order chi connectivity index (χ0) is 20.2. The van der Waals surface area contributed by atoms with Gasteiger partial charge in [0.2, 0.25) is 6.79 Å². The summed E-state index contributed by atoms with van der Waals surface area (Å²) in [6.07, 6.45) is 0. The highest BCUT2D eigenvalue weighted by Crippen LogP contribution is 2.32. The summed E-state index contributed by atoms with van der Waals surface area (Å²) < 4.78 is 18.1. The molecule has 0 atom stereocenters. The second-order valence-electron chi connectivity index (χ2n) is 6.82. The van der Waals surface area contributed by atoms with Crippen molar-refractivity contribution >= 4 is 5.91 Å². The van der Waals surface area contributed by atoms with Gasteiger partial charge < -0.3 is 19.5 Å². The van der Waals surface area contributed by atoms with Crippen molar-refractivity contribution in [1.82, 2.24) is 25.5 Å². The van der Waals surface area contributed by atoms with Crippen LogP contribution in [0.1, 0.15) is 41.6 Å². The van der Waals surface area contributed by atoms with Crippen molar-refractivity contribution < 1.29 is 19.0 Å². The van der Waals surface area contributed by atoms with Gasteiger partial charge in [-0.1, -0.05) is 6.07 Å². The van der Waals surface area contributed by atoms with Crippen LogP contribution in [0, 0.1) is 0 Å². The monoisotopic (exact) mass is 395 g/mol. The second-order valence-corrected chi connectivity index (χ2v) is 6.82. The van der Waals surface area contributed by atoms with E-state index in [2.05, 4.69) is 20.8 Å².